The van der Waals surface area contributed by atoms with Crippen molar-refractivity contribution in [3.05, 3.63) is 72.3 Å². The molecular formula is C43H48N8O6. The Kier molecular flexibility index (Phi) is 8.97. The summed E-state index contributed by atoms with van der Waals surface area (Å²) in [4.78, 5) is 71.8. The molecule has 0 unspecified atom stereocenters. The third-order valence-corrected chi connectivity index (χ3v) is 12.5. The molecule has 2 saturated carbocycles. The average molecular weight is 773 g/mol. The highest BCUT2D eigenvalue weighted by molar-refractivity contribution is 5.89. The summed E-state index contributed by atoms with van der Waals surface area (Å²) in [5, 5.41) is 14.6. The number of likely N-dealkylation sites (tertiary alicyclic amines) is 2. The van der Waals surface area contributed by atoms with Crippen LogP contribution in [0, 0.1) is 23.7 Å². The first-order valence-electron chi connectivity index (χ1n) is 20.0. The van der Waals surface area contributed by atoms with Crippen LogP contribution in [0.3, 0.4) is 0 Å². The summed E-state index contributed by atoms with van der Waals surface area (Å²) in [7, 11) is 1.30. The number of aromatic nitrogens is 4. The van der Waals surface area contributed by atoms with Crippen LogP contribution in [0.15, 0.2) is 60.7 Å². The Bertz CT molecular complexity index is 2400. The first-order valence-corrected chi connectivity index (χ1v) is 20.0. The third-order valence-electron chi connectivity index (χ3n) is 12.5. The number of imidazole rings is 2. The van der Waals surface area contributed by atoms with E-state index < -0.39 is 24.3 Å². The van der Waals surface area contributed by atoms with Crippen LogP contribution in [-0.4, -0.2) is 90.1 Å². The number of hydrogen-bond donors (Lipinski definition) is 5. The number of H-pyrrole nitrogens is 2. The number of fused-ring (bicyclic) bond motifs is 4. The second-order valence-corrected chi connectivity index (χ2v) is 16.9. The van der Waals surface area contributed by atoms with Crippen LogP contribution in [0.2, 0.25) is 0 Å². The summed E-state index contributed by atoms with van der Waals surface area (Å²) >= 11 is 0. The van der Waals surface area contributed by atoms with Gasteiger partial charge in [0, 0.05) is 12.1 Å². The Morgan fingerprint density at radius 3 is 1.49 bits per heavy atom. The first kappa shape index (κ1) is 36.7. The lowest BCUT2D eigenvalue weighted by Crippen LogP contribution is -2.52. The molecular weight excluding hydrogens is 725 g/mol. The number of nitrogens with one attached hydrogen (secondary N) is 4. The zero-order chi connectivity index (χ0) is 39.9. The first-order chi connectivity index (χ1) is 27.4. The van der Waals surface area contributed by atoms with Gasteiger partial charge >= 0.3 is 12.2 Å². The fourth-order valence-electron chi connectivity index (χ4n) is 9.29. The molecule has 5 aromatic rings. The molecule has 2 aromatic heterocycles. The molecule has 2 aliphatic heterocycles. The number of rotatable bonds is 10. The number of benzene rings is 3. The maximum Gasteiger partial charge on any atom is 0.407 e. The molecule has 0 radical (unpaired) electrons. The Morgan fingerprint density at radius 2 is 1.09 bits per heavy atom. The number of hydrogen-bond acceptors (Lipinski definition) is 7. The van der Waals surface area contributed by atoms with Crippen LogP contribution in [0.1, 0.15) is 77.1 Å². The Labute approximate surface area is 329 Å². The SMILES string of the molecule is COC(=O)N[C@H](C(=O)N1[C@@H]2C[C@H]2C[C@H]1c1nc2ccc(-c3ccc(-c4ccc5nc([C@@H]6C[C@H]7C[C@H]7N6C(=O)[C@@H](NC(=O)O)C(C)C)[nH]c5c4)cc3)cc2[nH]1)C(C)C. The standard InChI is InChI=1S/C43H48N8O6/c1-20(2)36(48-42(54)55)40(52)50-32-16-26(32)18-34(50)38-44-28-12-10-24(14-30(28)46-38)22-6-8-23(9-7-22)25-11-13-29-31(15-25)47-39(45-29)35-19-27-17-33(27)51(35)41(53)37(21(3)4)49-43(56)57-5/h6-15,20-21,26-27,32-37,48H,16-19H2,1-5H3,(H,44,46)(H,45,47)(H,49,56)(H,54,55)/t26-,27+,32-,33-,34+,35+,36+,37+/m1/s1. The van der Waals surface area contributed by atoms with Crippen LogP contribution >= 0.6 is 0 Å². The number of methoxy groups -OCH3 is 1. The van der Waals surface area contributed by atoms with Gasteiger partial charge in [-0.15, -0.1) is 0 Å². The summed E-state index contributed by atoms with van der Waals surface area (Å²) in [6, 6.07) is 19.1. The fraction of sp³-hybridized carbons (Fsp3) is 0.442. The van der Waals surface area contributed by atoms with Gasteiger partial charge in [-0.2, -0.15) is 0 Å². The molecule has 14 nitrogen and oxygen atoms in total. The normalized spacial score (nSPS) is 24.4. The van der Waals surface area contributed by atoms with Gasteiger partial charge < -0.3 is 40.2 Å². The van der Waals surface area contributed by atoms with Crippen LogP contribution in [0.4, 0.5) is 9.59 Å². The van der Waals surface area contributed by atoms with Gasteiger partial charge in [0.1, 0.15) is 23.7 Å². The quantitative estimate of drug-likeness (QED) is 0.103. The van der Waals surface area contributed by atoms with Crippen LogP contribution in [-0.2, 0) is 14.3 Å². The second kappa shape index (κ2) is 13.9. The highest BCUT2D eigenvalue weighted by Crippen LogP contribution is 2.54. The van der Waals surface area contributed by atoms with Crippen molar-refractivity contribution in [3.63, 3.8) is 0 Å². The van der Waals surface area contributed by atoms with Gasteiger partial charge in [-0.3, -0.25) is 9.59 Å². The molecule has 4 aliphatic rings. The highest BCUT2D eigenvalue weighted by atomic mass is 16.5. The number of piperidine rings is 2. The molecule has 5 N–H and O–H groups in total. The van der Waals surface area contributed by atoms with E-state index in [1.54, 1.807) is 0 Å². The predicted molar refractivity (Wildman–Crippen MR) is 213 cm³/mol. The van der Waals surface area contributed by atoms with Crippen LogP contribution in [0.5, 0.6) is 0 Å². The Balaban J connectivity index is 0.920. The lowest BCUT2D eigenvalue weighted by molar-refractivity contribution is -0.137. The smallest absolute Gasteiger partial charge is 0.407 e. The van der Waals surface area contributed by atoms with Gasteiger partial charge in [-0.05, 0) is 95.9 Å². The van der Waals surface area contributed by atoms with Crippen molar-refractivity contribution >= 4 is 46.1 Å². The fourth-order valence-corrected chi connectivity index (χ4v) is 9.29. The average Bonchev–Trinajstić information content (AvgIpc) is 3.85. The highest BCUT2D eigenvalue weighted by Gasteiger charge is 2.57. The van der Waals surface area contributed by atoms with Crippen LogP contribution in [0.25, 0.3) is 44.3 Å². The van der Waals surface area contributed by atoms with Gasteiger partial charge in [0.05, 0.1) is 41.3 Å². The van der Waals surface area contributed by atoms with Gasteiger partial charge in [0.2, 0.25) is 11.8 Å². The van der Waals surface area contributed by atoms with E-state index in [9.17, 15) is 24.3 Å². The van der Waals surface area contributed by atoms with E-state index in [4.69, 9.17) is 14.7 Å². The Morgan fingerprint density at radius 1 is 0.667 bits per heavy atom. The molecule has 3 aromatic carbocycles. The summed E-state index contributed by atoms with van der Waals surface area (Å²) < 4.78 is 4.81. The van der Waals surface area contributed by atoms with Crippen molar-refractivity contribution < 1.29 is 29.0 Å². The van der Waals surface area contributed by atoms with E-state index in [0.29, 0.717) is 11.8 Å². The number of carboxylic acid groups (broad SMARTS) is 1. The van der Waals surface area contributed by atoms with E-state index in [1.807, 2.05) is 49.6 Å². The van der Waals surface area contributed by atoms with Crippen molar-refractivity contribution in [1.82, 2.24) is 40.4 Å². The molecule has 0 spiro atoms. The second-order valence-electron chi connectivity index (χ2n) is 16.9. The maximum atomic E-state index is 13.9. The molecule has 4 amide bonds. The molecule has 8 atom stereocenters. The van der Waals surface area contributed by atoms with E-state index >= 15 is 0 Å². The van der Waals surface area contributed by atoms with Gasteiger partial charge in [0.25, 0.3) is 0 Å². The number of alkyl carbamates (subject to hydrolysis) is 1. The number of nitrogens with zero attached hydrogens (tertiary/aromatic N) is 4. The number of aromatic amines is 2. The third kappa shape index (κ3) is 6.64. The van der Waals surface area contributed by atoms with E-state index in [1.165, 1.54) is 7.11 Å². The lowest BCUT2D eigenvalue weighted by atomic mass is 10.00. The zero-order valence-electron chi connectivity index (χ0n) is 32.7. The molecule has 57 heavy (non-hydrogen) atoms. The van der Waals surface area contributed by atoms with E-state index in [0.717, 1.165) is 81.7 Å². The van der Waals surface area contributed by atoms with Gasteiger partial charge in [0.15, 0.2) is 0 Å². The molecule has 2 aliphatic carbocycles. The lowest BCUT2D eigenvalue weighted by Gasteiger charge is -2.31. The van der Waals surface area contributed by atoms with Gasteiger partial charge in [-0.25, -0.2) is 19.6 Å². The summed E-state index contributed by atoms with van der Waals surface area (Å²) in [5.74, 6) is 1.76. The Hall–Kier alpha value is -5.92. The van der Waals surface area contributed by atoms with Gasteiger partial charge in [-0.1, -0.05) is 64.1 Å². The van der Waals surface area contributed by atoms with Crippen molar-refractivity contribution in [1.29, 1.82) is 0 Å². The molecule has 296 valence electrons. The molecule has 9 rings (SSSR count). The van der Waals surface area contributed by atoms with Crippen molar-refractivity contribution in [2.24, 2.45) is 23.7 Å². The predicted octanol–water partition coefficient (Wildman–Crippen LogP) is 6.77. The number of ether oxygens (including phenoxy) is 1. The van der Waals surface area contributed by atoms with Crippen LogP contribution < -0.4 is 10.6 Å². The zero-order valence-corrected chi connectivity index (χ0v) is 32.7. The van der Waals surface area contributed by atoms with E-state index in [-0.39, 0.29) is 47.8 Å². The maximum absolute atomic E-state index is 13.9. The summed E-state index contributed by atoms with van der Waals surface area (Å²) in [5.41, 5.74) is 7.58. The number of carbonyl (C=O) groups excluding carboxylic acids is 3. The minimum absolute atomic E-state index is 0.102. The molecule has 14 heteroatoms. The van der Waals surface area contributed by atoms with E-state index in [2.05, 4.69) is 69.1 Å². The number of carbonyl (C=O) groups is 4. The van der Waals surface area contributed by atoms with Crippen molar-refractivity contribution in [2.75, 3.05) is 7.11 Å². The monoisotopic (exact) mass is 772 g/mol. The largest absolute Gasteiger partial charge is 0.465 e. The minimum atomic E-state index is -1.20. The van der Waals surface area contributed by atoms with Crippen molar-refractivity contribution in [2.45, 2.75) is 89.6 Å². The molecule has 2 saturated heterocycles. The number of amides is 4. The van der Waals surface area contributed by atoms with Crippen molar-refractivity contribution in [3.8, 4) is 22.3 Å². The topological polar surface area (TPSA) is 186 Å². The molecule has 0 bridgehead atoms. The summed E-state index contributed by atoms with van der Waals surface area (Å²) in [6.07, 6.45) is 1.74. The molecule has 4 fully saturated rings. The molecule has 4 heterocycles. The minimum Gasteiger partial charge on any atom is -0.465 e. The summed E-state index contributed by atoms with van der Waals surface area (Å²) in [6.45, 7) is 7.55.